The minimum absolute atomic E-state index is 0.319. The Hall–Kier alpha value is -2.47. The van der Waals surface area contributed by atoms with Gasteiger partial charge in [-0.1, -0.05) is 30.3 Å². The molecule has 0 fully saturated rings. The summed E-state index contributed by atoms with van der Waals surface area (Å²) in [6.07, 6.45) is 0.511. The zero-order valence-electron chi connectivity index (χ0n) is 9.41. The highest BCUT2D eigenvalue weighted by molar-refractivity contribution is 5.81. The van der Waals surface area contributed by atoms with Gasteiger partial charge in [-0.05, 0) is 5.56 Å². The third kappa shape index (κ3) is 1.68. The molecule has 1 aromatic carbocycles. The number of hydrogen-bond acceptors (Lipinski definition) is 5. The van der Waals surface area contributed by atoms with Crippen LogP contribution in [-0.4, -0.2) is 25.0 Å². The fourth-order valence-corrected chi connectivity index (χ4v) is 1.79. The van der Waals surface area contributed by atoms with E-state index in [1.54, 1.807) is 0 Å². The fourth-order valence-electron chi connectivity index (χ4n) is 1.79. The number of imidazole rings is 1. The molecule has 3 rings (SSSR count). The molecule has 2 aromatic heterocycles. The topological polar surface area (TPSA) is 101 Å². The second kappa shape index (κ2) is 4.08. The summed E-state index contributed by atoms with van der Waals surface area (Å²) < 4.78 is 0. The third-order valence-electron chi connectivity index (χ3n) is 2.71. The lowest BCUT2D eigenvalue weighted by Gasteiger charge is -2.06. The van der Waals surface area contributed by atoms with E-state index in [0.29, 0.717) is 22.8 Å². The average Bonchev–Trinajstić information content (AvgIpc) is 2.84. The van der Waals surface area contributed by atoms with E-state index in [0.717, 1.165) is 5.56 Å². The molecule has 0 aliphatic heterocycles. The van der Waals surface area contributed by atoms with Crippen molar-refractivity contribution in [3.8, 4) is 0 Å². The SMILES string of the molecule is Nc1ncnc2nc([C@@H](O)c3ccccc3)[nH]c12. The zero-order valence-corrected chi connectivity index (χ0v) is 9.41. The number of aliphatic hydroxyl groups is 1. The Morgan fingerprint density at radius 1 is 1.17 bits per heavy atom. The van der Waals surface area contributed by atoms with Gasteiger partial charge in [-0.25, -0.2) is 15.0 Å². The quantitative estimate of drug-likeness (QED) is 0.621. The van der Waals surface area contributed by atoms with Crippen molar-refractivity contribution in [3.05, 3.63) is 48.0 Å². The van der Waals surface area contributed by atoms with Gasteiger partial charge in [-0.3, -0.25) is 0 Å². The maximum absolute atomic E-state index is 10.2. The lowest BCUT2D eigenvalue weighted by molar-refractivity contribution is 0.211. The predicted octanol–water partition coefficient (Wildman–Crippen LogP) is 1.02. The number of aromatic nitrogens is 4. The molecular formula is C12H11N5O. The van der Waals surface area contributed by atoms with E-state index in [9.17, 15) is 5.11 Å². The smallest absolute Gasteiger partial charge is 0.183 e. The van der Waals surface area contributed by atoms with Gasteiger partial charge in [0.25, 0.3) is 0 Å². The molecule has 2 heterocycles. The number of rotatable bonds is 2. The Kier molecular flexibility index (Phi) is 2.42. The largest absolute Gasteiger partial charge is 0.382 e. The van der Waals surface area contributed by atoms with E-state index in [4.69, 9.17) is 5.73 Å². The number of aromatic amines is 1. The standard InChI is InChI=1S/C12H11N5O/c13-10-8-11(15-6-14-10)17-12(16-8)9(18)7-4-2-1-3-5-7/h1-6,9,18H,(H3,13,14,15,16,17)/t9-/m0/s1. The van der Waals surface area contributed by atoms with Crippen LogP contribution in [-0.2, 0) is 0 Å². The number of nitrogens with two attached hydrogens (primary N) is 1. The Bertz CT molecular complexity index is 679. The predicted molar refractivity (Wildman–Crippen MR) is 66.6 cm³/mol. The molecular weight excluding hydrogens is 230 g/mol. The molecule has 0 saturated carbocycles. The van der Waals surface area contributed by atoms with E-state index in [1.165, 1.54) is 6.33 Å². The monoisotopic (exact) mass is 241 g/mol. The molecule has 4 N–H and O–H groups in total. The van der Waals surface area contributed by atoms with Gasteiger partial charge in [0, 0.05) is 0 Å². The number of benzene rings is 1. The second-order valence-corrected chi connectivity index (χ2v) is 3.89. The number of nitrogens with zero attached hydrogens (tertiary/aromatic N) is 3. The van der Waals surface area contributed by atoms with Gasteiger partial charge in [0.1, 0.15) is 23.8 Å². The molecule has 0 unspecified atom stereocenters. The van der Waals surface area contributed by atoms with Crippen LogP contribution < -0.4 is 5.73 Å². The first-order chi connectivity index (χ1) is 8.75. The van der Waals surface area contributed by atoms with E-state index < -0.39 is 6.10 Å². The van der Waals surface area contributed by atoms with Crippen LogP contribution in [0, 0.1) is 0 Å². The lowest BCUT2D eigenvalue weighted by atomic mass is 10.1. The number of nitrogen functional groups attached to an aromatic ring is 1. The number of hydrogen-bond donors (Lipinski definition) is 3. The normalized spacial score (nSPS) is 12.7. The van der Waals surface area contributed by atoms with Crippen LogP contribution in [0.4, 0.5) is 5.82 Å². The van der Waals surface area contributed by atoms with Gasteiger partial charge in [-0.2, -0.15) is 0 Å². The van der Waals surface area contributed by atoms with E-state index in [-0.39, 0.29) is 0 Å². The van der Waals surface area contributed by atoms with Crippen LogP contribution >= 0.6 is 0 Å². The molecule has 0 amide bonds. The fraction of sp³-hybridized carbons (Fsp3) is 0.0833. The Morgan fingerprint density at radius 3 is 2.67 bits per heavy atom. The number of H-pyrrole nitrogens is 1. The van der Waals surface area contributed by atoms with Crippen LogP contribution in [0.5, 0.6) is 0 Å². The molecule has 6 heteroatoms. The Morgan fingerprint density at radius 2 is 1.94 bits per heavy atom. The summed E-state index contributed by atoms with van der Waals surface area (Å²) >= 11 is 0. The molecule has 3 aromatic rings. The van der Waals surface area contributed by atoms with Crippen molar-refractivity contribution in [3.63, 3.8) is 0 Å². The minimum atomic E-state index is -0.834. The van der Waals surface area contributed by atoms with E-state index in [1.807, 2.05) is 30.3 Å². The summed E-state index contributed by atoms with van der Waals surface area (Å²) in [6, 6.07) is 9.25. The Labute approximate surface area is 103 Å². The van der Waals surface area contributed by atoms with Gasteiger partial charge < -0.3 is 15.8 Å². The zero-order chi connectivity index (χ0) is 12.5. The number of nitrogens with one attached hydrogen (secondary N) is 1. The van der Waals surface area contributed by atoms with Crippen molar-refractivity contribution in [1.29, 1.82) is 0 Å². The van der Waals surface area contributed by atoms with Gasteiger partial charge >= 0.3 is 0 Å². The van der Waals surface area contributed by atoms with E-state index in [2.05, 4.69) is 19.9 Å². The van der Waals surface area contributed by atoms with Crippen molar-refractivity contribution >= 4 is 17.0 Å². The van der Waals surface area contributed by atoms with Gasteiger partial charge in [0.05, 0.1) is 0 Å². The highest BCUT2D eigenvalue weighted by Gasteiger charge is 2.16. The van der Waals surface area contributed by atoms with Crippen molar-refractivity contribution < 1.29 is 5.11 Å². The molecule has 18 heavy (non-hydrogen) atoms. The molecule has 0 aliphatic carbocycles. The number of anilines is 1. The summed E-state index contributed by atoms with van der Waals surface area (Å²) in [5, 5.41) is 10.2. The summed E-state index contributed by atoms with van der Waals surface area (Å²) in [7, 11) is 0. The maximum atomic E-state index is 10.2. The average molecular weight is 241 g/mol. The second-order valence-electron chi connectivity index (χ2n) is 3.89. The van der Waals surface area contributed by atoms with Gasteiger partial charge in [0.2, 0.25) is 0 Å². The third-order valence-corrected chi connectivity index (χ3v) is 2.71. The summed E-state index contributed by atoms with van der Waals surface area (Å²) in [5.41, 5.74) is 7.45. The summed E-state index contributed by atoms with van der Waals surface area (Å²) in [5.74, 6) is 0.724. The number of fused-ring (bicyclic) bond motifs is 1. The molecule has 0 bridgehead atoms. The van der Waals surface area contributed by atoms with Crippen LogP contribution in [0.1, 0.15) is 17.5 Å². The first-order valence-corrected chi connectivity index (χ1v) is 5.45. The highest BCUT2D eigenvalue weighted by Crippen LogP contribution is 2.22. The van der Waals surface area contributed by atoms with Crippen molar-refractivity contribution in [2.45, 2.75) is 6.10 Å². The van der Waals surface area contributed by atoms with Crippen molar-refractivity contribution in [2.24, 2.45) is 0 Å². The maximum Gasteiger partial charge on any atom is 0.183 e. The molecule has 0 saturated heterocycles. The first kappa shape index (κ1) is 10.7. The minimum Gasteiger partial charge on any atom is -0.382 e. The summed E-state index contributed by atoms with van der Waals surface area (Å²) in [4.78, 5) is 15.0. The van der Waals surface area contributed by atoms with E-state index >= 15 is 0 Å². The van der Waals surface area contributed by atoms with Crippen LogP contribution in [0.2, 0.25) is 0 Å². The highest BCUT2D eigenvalue weighted by atomic mass is 16.3. The molecule has 0 radical (unpaired) electrons. The number of aliphatic hydroxyl groups excluding tert-OH is 1. The lowest BCUT2D eigenvalue weighted by Crippen LogP contribution is -2.01. The van der Waals surface area contributed by atoms with Crippen LogP contribution in [0.3, 0.4) is 0 Å². The van der Waals surface area contributed by atoms with Gasteiger partial charge in [0.15, 0.2) is 11.5 Å². The molecule has 90 valence electrons. The van der Waals surface area contributed by atoms with Crippen molar-refractivity contribution in [2.75, 3.05) is 5.73 Å². The molecule has 0 spiro atoms. The van der Waals surface area contributed by atoms with Crippen molar-refractivity contribution in [1.82, 2.24) is 19.9 Å². The summed E-state index contributed by atoms with van der Waals surface area (Å²) in [6.45, 7) is 0. The first-order valence-electron chi connectivity index (χ1n) is 5.45. The van der Waals surface area contributed by atoms with Gasteiger partial charge in [-0.15, -0.1) is 0 Å². The van der Waals surface area contributed by atoms with Crippen LogP contribution in [0.15, 0.2) is 36.7 Å². The molecule has 0 aliphatic rings. The van der Waals surface area contributed by atoms with Crippen LogP contribution in [0.25, 0.3) is 11.2 Å². The molecule has 1 atom stereocenters. The molecule has 6 nitrogen and oxygen atoms in total. The Balaban J connectivity index is 2.07.